The smallest absolute Gasteiger partial charge is 0.347 e. The first-order chi connectivity index (χ1) is 10.1. The van der Waals surface area contributed by atoms with Crippen molar-refractivity contribution in [2.24, 2.45) is 0 Å². The van der Waals surface area contributed by atoms with Gasteiger partial charge in [-0.25, -0.2) is 4.79 Å². The molecule has 0 saturated carbocycles. The third-order valence-corrected chi connectivity index (χ3v) is 2.68. The molecule has 5 heteroatoms. The minimum absolute atomic E-state index is 0.140. The van der Waals surface area contributed by atoms with Crippen molar-refractivity contribution in [2.75, 3.05) is 13.2 Å². The van der Waals surface area contributed by atoms with Crippen LogP contribution in [0.3, 0.4) is 0 Å². The van der Waals surface area contributed by atoms with Crippen LogP contribution in [0.5, 0.6) is 0 Å². The van der Waals surface area contributed by atoms with Gasteiger partial charge in [-0.15, -0.1) is 0 Å². The number of hydrogen-bond acceptors (Lipinski definition) is 5. The number of carbonyl (C=O) groups is 2. The monoisotopic (exact) mass is 294 g/mol. The normalized spacial score (nSPS) is 11.7. The van der Waals surface area contributed by atoms with E-state index in [0.29, 0.717) is 26.1 Å². The standard InChI is InChI=1S/C16H22O5/c1-3-7-15(17)21-13(2)16(18)20-11-10-19-12-14-8-5-4-6-9-14/h4-6,8-9,13H,3,7,10-12H2,1-2H3. The highest BCUT2D eigenvalue weighted by molar-refractivity contribution is 5.78. The molecular weight excluding hydrogens is 272 g/mol. The second-order valence-corrected chi connectivity index (χ2v) is 4.59. The maximum absolute atomic E-state index is 11.6. The molecular formula is C16H22O5. The van der Waals surface area contributed by atoms with Gasteiger partial charge >= 0.3 is 11.9 Å². The van der Waals surface area contributed by atoms with Gasteiger partial charge < -0.3 is 14.2 Å². The van der Waals surface area contributed by atoms with E-state index < -0.39 is 12.1 Å². The molecule has 0 spiro atoms. The summed E-state index contributed by atoms with van der Waals surface area (Å²) in [6.45, 7) is 4.28. The summed E-state index contributed by atoms with van der Waals surface area (Å²) in [6, 6.07) is 9.73. The number of hydrogen-bond donors (Lipinski definition) is 0. The highest BCUT2D eigenvalue weighted by Crippen LogP contribution is 2.02. The Balaban J connectivity index is 2.11. The van der Waals surface area contributed by atoms with Crippen LogP contribution in [0.15, 0.2) is 30.3 Å². The molecule has 1 aromatic carbocycles. The largest absolute Gasteiger partial charge is 0.461 e. The summed E-state index contributed by atoms with van der Waals surface area (Å²) in [6.07, 6.45) is 0.115. The summed E-state index contributed by atoms with van der Waals surface area (Å²) in [5.41, 5.74) is 1.06. The van der Waals surface area contributed by atoms with E-state index in [1.807, 2.05) is 37.3 Å². The van der Waals surface area contributed by atoms with Crippen LogP contribution in [0, 0.1) is 0 Å². The van der Waals surface area contributed by atoms with Crippen LogP contribution in [0.1, 0.15) is 32.3 Å². The van der Waals surface area contributed by atoms with Gasteiger partial charge in [0, 0.05) is 6.42 Å². The molecule has 0 aliphatic rings. The number of esters is 2. The fourth-order valence-electron chi connectivity index (χ4n) is 1.59. The summed E-state index contributed by atoms with van der Waals surface area (Å²) >= 11 is 0. The summed E-state index contributed by atoms with van der Waals surface area (Å²) in [5.74, 6) is -0.940. The van der Waals surface area contributed by atoms with E-state index in [9.17, 15) is 9.59 Å². The lowest BCUT2D eigenvalue weighted by Gasteiger charge is -2.12. The number of carbonyl (C=O) groups excluding carboxylic acids is 2. The lowest BCUT2D eigenvalue weighted by Crippen LogP contribution is -2.27. The van der Waals surface area contributed by atoms with Gasteiger partial charge in [0.2, 0.25) is 0 Å². The molecule has 0 amide bonds. The molecule has 0 heterocycles. The van der Waals surface area contributed by atoms with Gasteiger partial charge in [0.05, 0.1) is 13.2 Å². The topological polar surface area (TPSA) is 61.8 Å². The van der Waals surface area contributed by atoms with Gasteiger partial charge in [-0.2, -0.15) is 0 Å². The van der Waals surface area contributed by atoms with E-state index in [4.69, 9.17) is 14.2 Å². The molecule has 1 unspecified atom stereocenters. The Morgan fingerprint density at radius 3 is 2.52 bits per heavy atom. The van der Waals surface area contributed by atoms with Gasteiger partial charge in [0.25, 0.3) is 0 Å². The molecule has 1 atom stereocenters. The van der Waals surface area contributed by atoms with Crippen LogP contribution in [0.25, 0.3) is 0 Å². The summed E-state index contributed by atoms with van der Waals surface area (Å²) < 4.78 is 15.3. The molecule has 0 saturated heterocycles. The zero-order valence-electron chi connectivity index (χ0n) is 12.5. The highest BCUT2D eigenvalue weighted by atomic mass is 16.6. The van der Waals surface area contributed by atoms with Crippen LogP contribution in [0.4, 0.5) is 0 Å². The minimum Gasteiger partial charge on any atom is -0.461 e. The molecule has 0 aromatic heterocycles. The Bertz CT molecular complexity index is 430. The first kappa shape index (κ1) is 17.2. The summed E-state index contributed by atoms with van der Waals surface area (Å²) in [4.78, 5) is 22.8. The average molecular weight is 294 g/mol. The van der Waals surface area contributed by atoms with E-state index >= 15 is 0 Å². The predicted octanol–water partition coefficient (Wildman–Crippen LogP) is 2.48. The van der Waals surface area contributed by atoms with Gasteiger partial charge in [0.1, 0.15) is 6.61 Å². The SMILES string of the molecule is CCCC(=O)OC(C)C(=O)OCCOCc1ccccc1. The van der Waals surface area contributed by atoms with Crippen molar-refractivity contribution in [3.8, 4) is 0 Å². The van der Waals surface area contributed by atoms with Crippen LogP contribution in [0.2, 0.25) is 0 Å². The first-order valence-corrected chi connectivity index (χ1v) is 7.11. The Hall–Kier alpha value is -1.88. The third kappa shape index (κ3) is 7.46. The molecule has 1 rings (SSSR count). The van der Waals surface area contributed by atoms with E-state index in [1.165, 1.54) is 6.92 Å². The number of benzene rings is 1. The molecule has 0 aliphatic carbocycles. The van der Waals surface area contributed by atoms with Gasteiger partial charge in [-0.3, -0.25) is 4.79 Å². The first-order valence-electron chi connectivity index (χ1n) is 7.11. The molecule has 0 radical (unpaired) electrons. The highest BCUT2D eigenvalue weighted by Gasteiger charge is 2.18. The van der Waals surface area contributed by atoms with Gasteiger partial charge in [-0.05, 0) is 18.9 Å². The van der Waals surface area contributed by atoms with E-state index in [0.717, 1.165) is 5.56 Å². The minimum atomic E-state index is -0.877. The Kier molecular flexibility index (Phi) is 8.12. The quantitative estimate of drug-likeness (QED) is 0.517. The summed E-state index contributed by atoms with van der Waals surface area (Å²) in [7, 11) is 0. The zero-order valence-corrected chi connectivity index (χ0v) is 12.5. The van der Waals surface area contributed by atoms with Crippen molar-refractivity contribution in [2.45, 2.75) is 39.4 Å². The van der Waals surface area contributed by atoms with Crippen molar-refractivity contribution in [3.63, 3.8) is 0 Å². The molecule has 0 aliphatic heterocycles. The van der Waals surface area contributed by atoms with Crippen molar-refractivity contribution in [1.82, 2.24) is 0 Å². The second kappa shape index (κ2) is 9.94. The zero-order chi connectivity index (χ0) is 15.5. The number of rotatable bonds is 9. The Morgan fingerprint density at radius 1 is 1.14 bits per heavy atom. The van der Waals surface area contributed by atoms with Crippen molar-refractivity contribution < 1.29 is 23.8 Å². The maximum atomic E-state index is 11.6. The lowest BCUT2D eigenvalue weighted by molar-refractivity contribution is -0.167. The van der Waals surface area contributed by atoms with E-state index in [-0.39, 0.29) is 12.6 Å². The van der Waals surface area contributed by atoms with E-state index in [1.54, 1.807) is 0 Å². The van der Waals surface area contributed by atoms with Crippen LogP contribution in [-0.4, -0.2) is 31.3 Å². The fraction of sp³-hybridized carbons (Fsp3) is 0.500. The van der Waals surface area contributed by atoms with Crippen molar-refractivity contribution in [1.29, 1.82) is 0 Å². The average Bonchev–Trinajstić information content (AvgIpc) is 2.48. The third-order valence-electron chi connectivity index (χ3n) is 2.68. The van der Waals surface area contributed by atoms with Crippen molar-refractivity contribution >= 4 is 11.9 Å². The van der Waals surface area contributed by atoms with Gasteiger partial charge in [-0.1, -0.05) is 37.3 Å². The summed E-state index contributed by atoms with van der Waals surface area (Å²) in [5, 5.41) is 0. The molecule has 0 fully saturated rings. The Morgan fingerprint density at radius 2 is 1.86 bits per heavy atom. The predicted molar refractivity (Wildman–Crippen MR) is 77.5 cm³/mol. The molecule has 0 bridgehead atoms. The van der Waals surface area contributed by atoms with Crippen LogP contribution >= 0.6 is 0 Å². The molecule has 21 heavy (non-hydrogen) atoms. The lowest BCUT2D eigenvalue weighted by atomic mass is 10.2. The fourth-order valence-corrected chi connectivity index (χ4v) is 1.59. The molecule has 5 nitrogen and oxygen atoms in total. The molecule has 0 N–H and O–H groups in total. The number of ether oxygens (including phenoxy) is 3. The Labute approximate surface area is 125 Å². The second-order valence-electron chi connectivity index (χ2n) is 4.59. The molecule has 116 valence electrons. The van der Waals surface area contributed by atoms with Crippen LogP contribution < -0.4 is 0 Å². The van der Waals surface area contributed by atoms with Crippen LogP contribution in [-0.2, 0) is 30.4 Å². The molecule has 1 aromatic rings. The van der Waals surface area contributed by atoms with Crippen molar-refractivity contribution in [3.05, 3.63) is 35.9 Å². The van der Waals surface area contributed by atoms with Gasteiger partial charge in [0.15, 0.2) is 6.10 Å². The van der Waals surface area contributed by atoms with E-state index in [2.05, 4.69) is 0 Å². The maximum Gasteiger partial charge on any atom is 0.347 e.